The summed E-state index contributed by atoms with van der Waals surface area (Å²) in [4.78, 5) is 12.4. The van der Waals surface area contributed by atoms with Crippen LogP contribution in [0.2, 0.25) is 0 Å². The van der Waals surface area contributed by atoms with E-state index in [0.717, 1.165) is 16.7 Å². The van der Waals surface area contributed by atoms with Gasteiger partial charge < -0.3 is 5.11 Å². The van der Waals surface area contributed by atoms with E-state index in [4.69, 9.17) is 15.6 Å². The number of aromatic hydroxyl groups is 1. The third kappa shape index (κ3) is 5.40. The van der Waals surface area contributed by atoms with Gasteiger partial charge in [-0.25, -0.2) is 4.39 Å². The van der Waals surface area contributed by atoms with Gasteiger partial charge in [-0.2, -0.15) is 28.2 Å². The van der Waals surface area contributed by atoms with Crippen LogP contribution in [0, 0.1) is 48.4 Å². The Bertz CT molecular complexity index is 804. The van der Waals surface area contributed by atoms with Gasteiger partial charge in [-0.05, 0) is 0 Å². The van der Waals surface area contributed by atoms with Crippen molar-refractivity contribution < 1.29 is 42.2 Å². The molecule has 5 nitrogen and oxygen atoms in total. The van der Waals surface area contributed by atoms with Gasteiger partial charge >= 0.3 is 0 Å². The molecule has 2 N–H and O–H groups in total. The van der Waals surface area contributed by atoms with Crippen LogP contribution in [0.5, 0.6) is 5.88 Å². The van der Waals surface area contributed by atoms with Crippen molar-refractivity contribution in [3.63, 3.8) is 0 Å². The average Bonchev–Trinajstić information content (AvgIpc) is 2.46. The molecular formula is C15H11FN3O2Y-. The van der Waals surface area contributed by atoms with E-state index in [0.29, 0.717) is 6.07 Å². The molecular weight excluding hydrogens is 362 g/mol. The molecule has 109 valence electrons. The molecule has 0 spiro atoms. The number of aryl methyl sites for hydroxylation is 2. The van der Waals surface area contributed by atoms with Gasteiger partial charge in [0.05, 0.1) is 6.07 Å². The van der Waals surface area contributed by atoms with E-state index >= 15 is 0 Å². The van der Waals surface area contributed by atoms with Gasteiger partial charge in [-0.15, -0.1) is 11.6 Å². The standard InChI is InChI=1S/C9H8N.C6H3FN2O2.Y/c1-7-3-4-8(2)9(5-7)6-10;7-4-1-3(2-8)5(10)9-6(4)11;/h4-5H,1-2H3;1H,(H2,9,10,11);/q-1;;. The van der Waals surface area contributed by atoms with Crippen LogP contribution < -0.4 is 5.56 Å². The van der Waals surface area contributed by atoms with Crippen molar-refractivity contribution in [2.24, 2.45) is 0 Å². The Kier molecular flexibility index (Phi) is 8.26. The van der Waals surface area contributed by atoms with Crippen molar-refractivity contribution in [3.05, 3.63) is 62.7 Å². The molecule has 2 rings (SSSR count). The van der Waals surface area contributed by atoms with E-state index in [1.165, 1.54) is 6.07 Å². The molecule has 1 radical (unpaired) electrons. The molecule has 0 saturated heterocycles. The van der Waals surface area contributed by atoms with E-state index < -0.39 is 17.3 Å². The molecule has 0 amide bonds. The molecule has 0 saturated carbocycles. The van der Waals surface area contributed by atoms with E-state index in [9.17, 15) is 9.18 Å². The predicted molar refractivity (Wildman–Crippen MR) is 72.9 cm³/mol. The fourth-order valence-corrected chi connectivity index (χ4v) is 1.37. The van der Waals surface area contributed by atoms with Crippen molar-refractivity contribution in [1.82, 2.24) is 4.98 Å². The normalized spacial score (nSPS) is 8.59. The van der Waals surface area contributed by atoms with Crippen LogP contribution in [0.1, 0.15) is 22.3 Å². The van der Waals surface area contributed by atoms with Crippen LogP contribution in [-0.2, 0) is 32.7 Å². The first-order chi connectivity index (χ1) is 9.88. The molecule has 0 aliphatic heterocycles. The minimum atomic E-state index is -1.01. The van der Waals surface area contributed by atoms with E-state index in [2.05, 4.69) is 12.1 Å². The summed E-state index contributed by atoms with van der Waals surface area (Å²) in [6, 6.07) is 11.0. The van der Waals surface area contributed by atoms with Gasteiger partial charge in [0.25, 0.3) is 5.56 Å². The molecule has 1 aromatic carbocycles. The van der Waals surface area contributed by atoms with E-state index in [-0.39, 0.29) is 38.3 Å². The van der Waals surface area contributed by atoms with Crippen LogP contribution in [0.25, 0.3) is 0 Å². The van der Waals surface area contributed by atoms with Gasteiger partial charge in [-0.3, -0.25) is 9.78 Å². The quantitative estimate of drug-likeness (QED) is 0.691. The topological polar surface area (TPSA) is 101 Å². The minimum absolute atomic E-state index is 0. The number of benzene rings is 1. The third-order valence-corrected chi connectivity index (χ3v) is 2.52. The van der Waals surface area contributed by atoms with Crippen LogP contribution in [0.4, 0.5) is 4.39 Å². The molecule has 0 aliphatic carbocycles. The van der Waals surface area contributed by atoms with Crippen LogP contribution >= 0.6 is 0 Å². The number of nitrogens with zero attached hydrogens (tertiary/aromatic N) is 2. The van der Waals surface area contributed by atoms with Gasteiger partial charge in [0.15, 0.2) is 5.82 Å². The molecule has 22 heavy (non-hydrogen) atoms. The molecule has 0 fully saturated rings. The van der Waals surface area contributed by atoms with Crippen molar-refractivity contribution in [2.75, 3.05) is 0 Å². The van der Waals surface area contributed by atoms with Crippen LogP contribution in [0.15, 0.2) is 23.0 Å². The number of nitrogens with one attached hydrogen (secondary N) is 1. The van der Waals surface area contributed by atoms with Crippen LogP contribution in [-0.4, -0.2) is 10.1 Å². The first-order valence-electron chi connectivity index (χ1n) is 5.80. The van der Waals surface area contributed by atoms with Crippen molar-refractivity contribution in [3.8, 4) is 18.0 Å². The summed E-state index contributed by atoms with van der Waals surface area (Å²) in [6.07, 6.45) is 0. The number of aromatic amines is 1. The zero-order valence-electron chi connectivity index (χ0n) is 11.9. The molecule has 7 heteroatoms. The Balaban J connectivity index is 0.000000385. The Morgan fingerprint density at radius 3 is 2.32 bits per heavy atom. The first-order valence-corrected chi connectivity index (χ1v) is 5.80. The monoisotopic (exact) mass is 373 g/mol. The summed E-state index contributed by atoms with van der Waals surface area (Å²) < 4.78 is 12.4. The zero-order valence-corrected chi connectivity index (χ0v) is 14.8. The zero-order chi connectivity index (χ0) is 16.0. The number of hydrogen-bond donors (Lipinski definition) is 2. The van der Waals surface area contributed by atoms with Crippen LogP contribution in [0.3, 0.4) is 0 Å². The summed E-state index contributed by atoms with van der Waals surface area (Å²) in [5.74, 6) is -1.87. The van der Waals surface area contributed by atoms with Crippen molar-refractivity contribution >= 4 is 0 Å². The van der Waals surface area contributed by atoms with Gasteiger partial charge in [0.1, 0.15) is 11.6 Å². The Hall–Kier alpha value is -2.02. The summed E-state index contributed by atoms with van der Waals surface area (Å²) in [5.41, 5.74) is 1.60. The van der Waals surface area contributed by atoms with Crippen molar-refractivity contribution in [2.45, 2.75) is 13.8 Å². The number of rotatable bonds is 0. The fourth-order valence-electron chi connectivity index (χ4n) is 1.37. The summed E-state index contributed by atoms with van der Waals surface area (Å²) >= 11 is 0. The Morgan fingerprint density at radius 1 is 1.23 bits per heavy atom. The predicted octanol–water partition coefficient (Wildman–Crippen LogP) is 2.06. The maximum Gasteiger partial charge on any atom is 0.268 e. The van der Waals surface area contributed by atoms with E-state index in [1.807, 2.05) is 26.0 Å². The van der Waals surface area contributed by atoms with E-state index in [1.54, 1.807) is 4.98 Å². The number of hydrogen-bond acceptors (Lipinski definition) is 4. The van der Waals surface area contributed by atoms with Gasteiger partial charge in [-0.1, -0.05) is 19.4 Å². The molecule has 1 heterocycles. The SMILES string of the molecule is Cc1[c-]cc(C)c(C#N)c1.N#Cc1cc(F)c(O)[nH]c1=O.[Y]. The molecule has 0 atom stereocenters. The van der Waals surface area contributed by atoms with Crippen molar-refractivity contribution in [1.29, 1.82) is 10.5 Å². The number of aromatic nitrogens is 1. The minimum Gasteiger partial charge on any atom is -0.492 e. The third-order valence-electron chi connectivity index (χ3n) is 2.52. The summed E-state index contributed by atoms with van der Waals surface area (Å²) in [7, 11) is 0. The number of pyridine rings is 1. The fraction of sp³-hybridized carbons (Fsp3) is 0.133. The number of halogens is 1. The number of nitriles is 2. The second-order valence-corrected chi connectivity index (χ2v) is 4.15. The maximum absolute atomic E-state index is 12.4. The summed E-state index contributed by atoms with van der Waals surface area (Å²) in [5, 5.41) is 25.4. The molecule has 2 aromatic rings. The average molecular weight is 373 g/mol. The molecule has 0 unspecified atom stereocenters. The first kappa shape index (κ1) is 20.0. The van der Waals surface area contributed by atoms with Gasteiger partial charge in [0.2, 0.25) is 5.88 Å². The smallest absolute Gasteiger partial charge is 0.268 e. The Labute approximate surface area is 151 Å². The number of H-pyrrole nitrogens is 1. The Morgan fingerprint density at radius 2 is 1.82 bits per heavy atom. The molecule has 1 aromatic heterocycles. The van der Waals surface area contributed by atoms with Gasteiger partial charge in [0, 0.05) is 38.8 Å². The molecule has 0 bridgehead atoms. The molecule has 0 aliphatic rings. The second kappa shape index (κ2) is 9.09. The largest absolute Gasteiger partial charge is 0.492 e. The summed E-state index contributed by atoms with van der Waals surface area (Å²) in [6.45, 7) is 3.84. The second-order valence-electron chi connectivity index (χ2n) is 4.15. The maximum atomic E-state index is 12.4.